The van der Waals surface area contributed by atoms with Crippen LogP contribution in [0.5, 0.6) is 0 Å². The van der Waals surface area contributed by atoms with Crippen LogP contribution in [0.15, 0.2) is 125 Å². The molecule has 1 aliphatic carbocycles. The first-order valence-corrected chi connectivity index (χ1v) is 19.8. The standard InChI is InChI=1S/C44H44N4O4S/c1-44(2,3)45-43(49)31-22-25-47(26-23-31)53(50,51)41-17-11-9-15-37(41)42-35-20-18-33(46(4)32-13-6-5-7-14-32)28-39(35)52-40-29-34(19-21-36(40)42)48-27-24-30-12-8-10-16-38(30)48/h5-21,28-29,31H,22-27H2,1-4H3/p+1. The molecule has 0 unspecified atom stereocenters. The van der Waals surface area contributed by atoms with Gasteiger partial charge < -0.3 is 14.6 Å². The third kappa shape index (κ3) is 6.64. The molecule has 3 aliphatic heterocycles. The Labute approximate surface area is 311 Å². The highest BCUT2D eigenvalue weighted by atomic mass is 32.2. The minimum absolute atomic E-state index is 0.0185. The van der Waals surface area contributed by atoms with Gasteiger partial charge in [-0.25, -0.2) is 8.42 Å². The summed E-state index contributed by atoms with van der Waals surface area (Å²) in [5, 5.41) is 4.84. The molecule has 0 saturated carbocycles. The van der Waals surface area contributed by atoms with Crippen LogP contribution in [-0.2, 0) is 21.2 Å². The van der Waals surface area contributed by atoms with Crippen LogP contribution in [0.1, 0.15) is 39.2 Å². The summed E-state index contributed by atoms with van der Waals surface area (Å²) in [6.45, 7) is 7.30. The molecule has 1 saturated heterocycles. The maximum absolute atomic E-state index is 14.6. The van der Waals surface area contributed by atoms with E-state index in [2.05, 4.69) is 75.5 Å². The van der Waals surface area contributed by atoms with E-state index in [4.69, 9.17) is 4.42 Å². The van der Waals surface area contributed by atoms with Crippen LogP contribution in [-0.4, -0.2) is 50.9 Å². The lowest BCUT2D eigenvalue weighted by Gasteiger charge is -2.33. The van der Waals surface area contributed by atoms with Crippen molar-refractivity contribution in [2.24, 2.45) is 5.92 Å². The van der Waals surface area contributed by atoms with E-state index < -0.39 is 10.0 Å². The van der Waals surface area contributed by atoms with E-state index in [9.17, 15) is 13.2 Å². The lowest BCUT2D eigenvalue weighted by molar-refractivity contribution is -0.127. The molecule has 4 aliphatic rings. The van der Waals surface area contributed by atoms with Gasteiger partial charge in [-0.3, -0.25) is 4.79 Å². The molecule has 270 valence electrons. The van der Waals surface area contributed by atoms with Crippen molar-refractivity contribution in [1.29, 1.82) is 0 Å². The smallest absolute Gasteiger partial charge is 0.243 e. The molecule has 1 amide bonds. The second-order valence-corrected chi connectivity index (χ2v) is 17.1. The molecule has 3 heterocycles. The maximum atomic E-state index is 14.6. The highest BCUT2D eigenvalue weighted by Gasteiger charge is 2.35. The highest BCUT2D eigenvalue weighted by Crippen LogP contribution is 2.45. The molecule has 0 atom stereocenters. The molecule has 0 radical (unpaired) electrons. The zero-order valence-corrected chi connectivity index (χ0v) is 31.5. The molecule has 53 heavy (non-hydrogen) atoms. The molecule has 9 heteroatoms. The fourth-order valence-electron chi connectivity index (χ4n) is 7.81. The second kappa shape index (κ2) is 13.6. The molecule has 1 N–H and O–H groups in total. The zero-order chi connectivity index (χ0) is 36.9. The number of hydrogen-bond acceptors (Lipinski definition) is 5. The maximum Gasteiger partial charge on any atom is 0.243 e. The van der Waals surface area contributed by atoms with E-state index >= 15 is 0 Å². The predicted molar refractivity (Wildman–Crippen MR) is 212 cm³/mol. The SMILES string of the molecule is C/[N+](c1ccccc1)=c1/ccc2c(-c3ccccc3S(=O)(=O)N3CCC(C(=O)NC(C)(C)C)CC3)c3ccc(N4CCc5ccccc54)cc3oc-2c1. The fraction of sp³-hybridized carbons (Fsp3) is 0.273. The molecular formula is C44H45N4O4S+. The van der Waals surface area contributed by atoms with Gasteiger partial charge >= 0.3 is 0 Å². The normalized spacial score (nSPS) is 16.2. The minimum atomic E-state index is -3.92. The topological polar surface area (TPSA) is 85.9 Å². The molecule has 1 fully saturated rings. The van der Waals surface area contributed by atoms with Crippen molar-refractivity contribution in [3.05, 3.63) is 126 Å². The Bertz CT molecular complexity index is 2490. The van der Waals surface area contributed by atoms with Gasteiger partial charge in [-0.05, 0) is 75.9 Å². The summed E-state index contributed by atoms with van der Waals surface area (Å²) < 4.78 is 39.6. The number of anilines is 2. The Kier molecular flexibility index (Phi) is 8.95. The number of hydrogen-bond donors (Lipinski definition) is 1. The number of benzene rings is 5. The van der Waals surface area contributed by atoms with Crippen molar-refractivity contribution in [2.45, 2.75) is 50.5 Å². The lowest BCUT2D eigenvalue weighted by atomic mass is 9.93. The fourth-order valence-corrected chi connectivity index (χ4v) is 9.48. The van der Waals surface area contributed by atoms with Crippen LogP contribution in [0.2, 0.25) is 0 Å². The average molecular weight is 726 g/mol. The summed E-state index contributed by atoms with van der Waals surface area (Å²) in [5.74, 6) is 0.416. The van der Waals surface area contributed by atoms with Crippen LogP contribution < -0.4 is 20.1 Å². The number of amides is 1. The molecule has 0 spiro atoms. The van der Waals surface area contributed by atoms with Gasteiger partial charge in [0.05, 0.1) is 11.0 Å². The van der Waals surface area contributed by atoms with Crippen molar-refractivity contribution in [2.75, 3.05) is 31.6 Å². The van der Waals surface area contributed by atoms with Crippen LogP contribution in [0.3, 0.4) is 0 Å². The molecule has 8 nitrogen and oxygen atoms in total. The summed E-state index contributed by atoms with van der Waals surface area (Å²) in [6, 6.07) is 38.3. The van der Waals surface area contributed by atoms with Crippen LogP contribution in [0.4, 0.5) is 17.1 Å². The Hall–Kier alpha value is -5.25. The molecule has 0 bridgehead atoms. The van der Waals surface area contributed by atoms with Crippen LogP contribution in [0, 0.1) is 5.92 Å². The summed E-state index contributed by atoms with van der Waals surface area (Å²) >= 11 is 0. The van der Waals surface area contributed by atoms with Gasteiger partial charge in [-0.15, -0.1) is 0 Å². The Morgan fingerprint density at radius 1 is 0.811 bits per heavy atom. The quantitative estimate of drug-likeness (QED) is 0.139. The van der Waals surface area contributed by atoms with Crippen molar-refractivity contribution in [3.8, 4) is 22.5 Å². The van der Waals surface area contributed by atoms with E-state index in [0.29, 0.717) is 29.7 Å². The number of sulfonamides is 1. The van der Waals surface area contributed by atoms with E-state index in [1.54, 1.807) is 16.4 Å². The first-order valence-electron chi connectivity index (χ1n) is 18.4. The number of carbonyl (C=O) groups is 1. The second-order valence-electron chi connectivity index (χ2n) is 15.2. The van der Waals surface area contributed by atoms with Crippen molar-refractivity contribution >= 4 is 44.0 Å². The Morgan fingerprint density at radius 2 is 1.53 bits per heavy atom. The number of carbonyl (C=O) groups excluding carboxylic acids is 1. The zero-order valence-electron chi connectivity index (χ0n) is 30.7. The number of nitrogens with one attached hydrogen (secondary N) is 1. The third-order valence-electron chi connectivity index (χ3n) is 10.5. The van der Waals surface area contributed by atoms with Gasteiger partial charge in [0.2, 0.25) is 27.0 Å². The first kappa shape index (κ1) is 34.8. The van der Waals surface area contributed by atoms with E-state index in [-0.39, 0.29) is 35.3 Å². The third-order valence-corrected chi connectivity index (χ3v) is 12.5. The number of nitrogens with zero attached hydrogens (tertiary/aromatic N) is 3. The van der Waals surface area contributed by atoms with E-state index in [1.807, 2.05) is 70.3 Å². The van der Waals surface area contributed by atoms with Crippen LogP contribution in [0.25, 0.3) is 33.4 Å². The monoisotopic (exact) mass is 725 g/mol. The molecule has 4 aromatic rings. The first-order chi connectivity index (χ1) is 25.5. The Balaban J connectivity index is 1.26. The summed E-state index contributed by atoms with van der Waals surface area (Å²) in [4.78, 5) is 15.5. The molecule has 4 aromatic carbocycles. The van der Waals surface area contributed by atoms with Crippen LogP contribution >= 0.6 is 0 Å². The van der Waals surface area contributed by atoms with E-state index in [1.165, 1.54) is 11.3 Å². The van der Waals surface area contributed by atoms with Gasteiger partial charge in [0.1, 0.15) is 18.4 Å². The lowest BCUT2D eigenvalue weighted by Crippen LogP contribution is -2.47. The number of rotatable bonds is 6. The summed E-state index contributed by atoms with van der Waals surface area (Å²) in [5.41, 5.74) is 7.15. The largest absolute Gasteiger partial charge is 0.456 e. The number of piperidine rings is 1. The van der Waals surface area contributed by atoms with Crippen molar-refractivity contribution in [1.82, 2.24) is 14.2 Å². The average Bonchev–Trinajstić information content (AvgIpc) is 3.60. The molecule has 8 rings (SSSR count). The molecular weight excluding hydrogens is 681 g/mol. The van der Waals surface area contributed by atoms with Gasteiger partial charge in [-0.2, -0.15) is 8.88 Å². The summed E-state index contributed by atoms with van der Waals surface area (Å²) in [6.07, 6.45) is 1.91. The minimum Gasteiger partial charge on any atom is -0.456 e. The predicted octanol–water partition coefficient (Wildman–Crippen LogP) is 7.95. The van der Waals surface area contributed by atoms with Gasteiger partial charge in [0.25, 0.3) is 0 Å². The van der Waals surface area contributed by atoms with Crippen molar-refractivity contribution in [3.63, 3.8) is 0 Å². The Morgan fingerprint density at radius 3 is 2.30 bits per heavy atom. The van der Waals surface area contributed by atoms with Gasteiger partial charge in [-0.1, -0.05) is 54.6 Å². The van der Waals surface area contributed by atoms with E-state index in [0.717, 1.165) is 46.2 Å². The highest BCUT2D eigenvalue weighted by molar-refractivity contribution is 7.89. The molecule has 0 aromatic heterocycles. The summed E-state index contributed by atoms with van der Waals surface area (Å²) in [7, 11) is -1.89. The van der Waals surface area contributed by atoms with Crippen molar-refractivity contribution < 1.29 is 17.6 Å². The van der Waals surface area contributed by atoms with Gasteiger partial charge in [0.15, 0.2) is 0 Å². The van der Waals surface area contributed by atoms with Gasteiger partial charge in [0, 0.05) is 88.8 Å². The number of para-hydroxylation sites is 2. The number of fused-ring (bicyclic) bond motifs is 3.